The lowest BCUT2D eigenvalue weighted by atomic mass is 10.2. The maximum absolute atomic E-state index is 12.2. The molecule has 0 aliphatic carbocycles. The molecule has 2 nitrogen and oxygen atoms in total. The van der Waals surface area contributed by atoms with Gasteiger partial charge in [-0.05, 0) is 24.3 Å². The third-order valence-electron chi connectivity index (χ3n) is 2.10. The Morgan fingerprint density at radius 1 is 1.24 bits per heavy atom. The SMILES string of the molecule is CCC(=O)CNc1ccc(C(F)(F)F)cc1.Cl. The van der Waals surface area contributed by atoms with Crippen molar-refractivity contribution in [3.05, 3.63) is 29.8 Å². The summed E-state index contributed by atoms with van der Waals surface area (Å²) in [5.74, 6) is 0.0138. The summed E-state index contributed by atoms with van der Waals surface area (Å²) in [6.07, 6.45) is -3.91. The zero-order valence-corrected chi connectivity index (χ0v) is 9.99. The van der Waals surface area contributed by atoms with Crippen LogP contribution in [0.4, 0.5) is 18.9 Å². The van der Waals surface area contributed by atoms with Gasteiger partial charge in [-0.25, -0.2) is 0 Å². The van der Waals surface area contributed by atoms with Crippen molar-refractivity contribution >= 4 is 23.9 Å². The molecule has 0 aromatic heterocycles. The number of alkyl halides is 3. The van der Waals surface area contributed by atoms with E-state index in [2.05, 4.69) is 5.32 Å². The van der Waals surface area contributed by atoms with Crippen molar-refractivity contribution in [1.29, 1.82) is 0 Å². The standard InChI is InChI=1S/C11H12F3NO.ClH/c1-2-10(16)7-15-9-5-3-8(4-6-9)11(12,13)14;/h3-6,15H,2,7H2,1H3;1H. The molecular formula is C11H13ClF3NO. The fourth-order valence-corrected chi connectivity index (χ4v) is 1.10. The smallest absolute Gasteiger partial charge is 0.378 e. The molecule has 1 rings (SSSR count). The van der Waals surface area contributed by atoms with Crippen LogP contribution in [0.15, 0.2) is 24.3 Å². The van der Waals surface area contributed by atoms with Crippen LogP contribution in [-0.2, 0) is 11.0 Å². The molecule has 1 N–H and O–H groups in total. The van der Waals surface area contributed by atoms with Gasteiger partial charge in [0.2, 0.25) is 0 Å². The highest BCUT2D eigenvalue weighted by Crippen LogP contribution is 2.29. The quantitative estimate of drug-likeness (QED) is 0.904. The van der Waals surface area contributed by atoms with Crippen molar-refractivity contribution in [2.24, 2.45) is 0 Å². The van der Waals surface area contributed by atoms with Gasteiger partial charge >= 0.3 is 6.18 Å². The van der Waals surface area contributed by atoms with Crippen LogP contribution in [0.2, 0.25) is 0 Å². The first-order valence-electron chi connectivity index (χ1n) is 4.86. The monoisotopic (exact) mass is 267 g/mol. The molecule has 0 saturated heterocycles. The molecule has 6 heteroatoms. The van der Waals surface area contributed by atoms with Crippen LogP contribution in [-0.4, -0.2) is 12.3 Å². The summed E-state index contributed by atoms with van der Waals surface area (Å²) in [7, 11) is 0. The second-order valence-corrected chi connectivity index (χ2v) is 3.32. The number of Topliss-reactive ketones (excluding diaryl/α,β-unsaturated/α-hetero) is 1. The molecule has 0 unspecified atom stereocenters. The molecule has 0 aliphatic heterocycles. The van der Waals surface area contributed by atoms with E-state index >= 15 is 0 Å². The zero-order chi connectivity index (χ0) is 12.2. The maximum atomic E-state index is 12.2. The number of hydrogen-bond donors (Lipinski definition) is 1. The number of carbonyl (C=O) groups excluding carboxylic acids is 1. The van der Waals surface area contributed by atoms with E-state index in [9.17, 15) is 18.0 Å². The third-order valence-corrected chi connectivity index (χ3v) is 2.10. The Labute approximate surface area is 104 Å². The van der Waals surface area contributed by atoms with Crippen LogP contribution in [0.3, 0.4) is 0 Å². The van der Waals surface area contributed by atoms with Gasteiger partial charge in [-0.3, -0.25) is 4.79 Å². The van der Waals surface area contributed by atoms with Crippen LogP contribution in [0.25, 0.3) is 0 Å². The van der Waals surface area contributed by atoms with Gasteiger partial charge in [0, 0.05) is 12.1 Å². The number of ketones is 1. The molecule has 0 bridgehead atoms. The van der Waals surface area contributed by atoms with Gasteiger partial charge in [0.25, 0.3) is 0 Å². The Morgan fingerprint density at radius 2 is 1.76 bits per heavy atom. The molecule has 0 fully saturated rings. The molecule has 0 spiro atoms. The van der Waals surface area contributed by atoms with Crippen molar-refractivity contribution in [3.8, 4) is 0 Å². The Kier molecular flexibility index (Phi) is 6.02. The van der Waals surface area contributed by atoms with E-state index in [0.717, 1.165) is 12.1 Å². The summed E-state index contributed by atoms with van der Waals surface area (Å²) in [5.41, 5.74) is -0.185. The molecule has 0 radical (unpaired) electrons. The average Bonchev–Trinajstić information content (AvgIpc) is 2.25. The molecule has 0 aliphatic rings. The van der Waals surface area contributed by atoms with E-state index in [4.69, 9.17) is 0 Å². The number of benzene rings is 1. The van der Waals surface area contributed by atoms with Gasteiger partial charge in [-0.2, -0.15) is 13.2 Å². The minimum atomic E-state index is -4.32. The molecule has 0 atom stereocenters. The lowest BCUT2D eigenvalue weighted by molar-refractivity contribution is -0.137. The molecule has 17 heavy (non-hydrogen) atoms. The van der Waals surface area contributed by atoms with Crippen molar-refractivity contribution in [2.45, 2.75) is 19.5 Å². The summed E-state index contributed by atoms with van der Waals surface area (Å²) in [4.78, 5) is 11.0. The van der Waals surface area contributed by atoms with Gasteiger partial charge in [-0.1, -0.05) is 6.92 Å². The van der Waals surface area contributed by atoms with Gasteiger partial charge < -0.3 is 5.32 Å². The van der Waals surface area contributed by atoms with E-state index in [0.29, 0.717) is 12.1 Å². The topological polar surface area (TPSA) is 29.1 Å². The second kappa shape index (κ2) is 6.49. The fourth-order valence-electron chi connectivity index (χ4n) is 1.10. The molecular weight excluding hydrogens is 255 g/mol. The highest BCUT2D eigenvalue weighted by molar-refractivity contribution is 5.85. The summed E-state index contributed by atoms with van der Waals surface area (Å²) in [6.45, 7) is 1.87. The highest BCUT2D eigenvalue weighted by Gasteiger charge is 2.29. The van der Waals surface area contributed by atoms with E-state index in [1.165, 1.54) is 12.1 Å². The first kappa shape index (κ1) is 15.8. The minimum Gasteiger partial charge on any atom is -0.378 e. The van der Waals surface area contributed by atoms with E-state index in [1.54, 1.807) is 6.92 Å². The first-order chi connectivity index (χ1) is 7.43. The molecule has 0 heterocycles. The number of nitrogens with one attached hydrogen (secondary N) is 1. The average molecular weight is 268 g/mol. The Morgan fingerprint density at radius 3 is 2.18 bits per heavy atom. The Hall–Kier alpha value is -1.23. The summed E-state index contributed by atoms with van der Waals surface area (Å²) < 4.78 is 36.6. The largest absolute Gasteiger partial charge is 0.416 e. The van der Waals surface area contributed by atoms with Crippen molar-refractivity contribution in [1.82, 2.24) is 0 Å². The third kappa shape index (κ3) is 5.08. The predicted octanol–water partition coefficient (Wildman–Crippen LogP) is 3.52. The van der Waals surface area contributed by atoms with E-state index in [-0.39, 0.29) is 24.7 Å². The molecule has 96 valence electrons. The lowest BCUT2D eigenvalue weighted by Crippen LogP contribution is -2.12. The maximum Gasteiger partial charge on any atom is 0.416 e. The summed E-state index contributed by atoms with van der Waals surface area (Å²) >= 11 is 0. The van der Waals surface area contributed by atoms with Gasteiger partial charge in [0.15, 0.2) is 5.78 Å². The number of anilines is 1. The van der Waals surface area contributed by atoms with Crippen molar-refractivity contribution in [2.75, 3.05) is 11.9 Å². The van der Waals surface area contributed by atoms with Gasteiger partial charge in [0.05, 0.1) is 12.1 Å². The van der Waals surface area contributed by atoms with E-state index in [1.807, 2.05) is 0 Å². The second-order valence-electron chi connectivity index (χ2n) is 3.32. The highest BCUT2D eigenvalue weighted by atomic mass is 35.5. The van der Waals surface area contributed by atoms with Crippen LogP contribution in [0.5, 0.6) is 0 Å². The molecule has 1 aromatic carbocycles. The number of rotatable bonds is 4. The minimum absolute atomic E-state index is 0. The number of hydrogen-bond acceptors (Lipinski definition) is 2. The van der Waals surface area contributed by atoms with Gasteiger partial charge in [-0.15, -0.1) is 12.4 Å². The normalized spacial score (nSPS) is 10.6. The Bertz CT molecular complexity index is 362. The van der Waals surface area contributed by atoms with Crippen LogP contribution in [0, 0.1) is 0 Å². The fraction of sp³-hybridized carbons (Fsp3) is 0.364. The van der Waals surface area contributed by atoms with Gasteiger partial charge in [0.1, 0.15) is 0 Å². The Balaban J connectivity index is 0.00000256. The predicted molar refractivity (Wildman–Crippen MR) is 62.5 cm³/mol. The molecule has 0 amide bonds. The zero-order valence-electron chi connectivity index (χ0n) is 9.17. The summed E-state index contributed by atoms with van der Waals surface area (Å²) in [6, 6.07) is 4.59. The number of carbonyl (C=O) groups is 1. The lowest BCUT2D eigenvalue weighted by Gasteiger charge is -2.08. The number of halogens is 4. The van der Waals surface area contributed by atoms with Crippen molar-refractivity contribution < 1.29 is 18.0 Å². The molecule has 1 aromatic rings. The van der Waals surface area contributed by atoms with Crippen LogP contribution < -0.4 is 5.32 Å². The molecule has 0 saturated carbocycles. The van der Waals surface area contributed by atoms with E-state index < -0.39 is 11.7 Å². The first-order valence-corrected chi connectivity index (χ1v) is 4.86. The van der Waals surface area contributed by atoms with Crippen LogP contribution >= 0.6 is 12.4 Å². The van der Waals surface area contributed by atoms with Crippen LogP contribution in [0.1, 0.15) is 18.9 Å². The summed E-state index contributed by atoms with van der Waals surface area (Å²) in [5, 5.41) is 2.76. The van der Waals surface area contributed by atoms with Crippen molar-refractivity contribution in [3.63, 3.8) is 0 Å².